The lowest BCUT2D eigenvalue weighted by atomic mass is 9.47. The molecule has 1 aromatic rings. The van der Waals surface area contributed by atoms with E-state index in [1.807, 2.05) is 24.1 Å². The Hall–Kier alpha value is -1.78. The Morgan fingerprint density at radius 2 is 1.95 bits per heavy atom. The number of rotatable bonds is 3. The van der Waals surface area contributed by atoms with Crippen LogP contribution in [0.3, 0.4) is 0 Å². The van der Waals surface area contributed by atoms with Crippen LogP contribution < -0.4 is 5.73 Å². The second kappa shape index (κ2) is 4.61. The fourth-order valence-corrected chi connectivity index (χ4v) is 5.72. The zero-order valence-corrected chi connectivity index (χ0v) is 12.9. The molecule has 3 N–H and O–H groups in total. The van der Waals surface area contributed by atoms with Gasteiger partial charge in [-0.1, -0.05) is 0 Å². The molecule has 0 saturated heterocycles. The monoisotopic (exact) mass is 301 g/mol. The molecule has 0 aromatic carbocycles. The van der Waals surface area contributed by atoms with Gasteiger partial charge in [0.15, 0.2) is 0 Å². The lowest BCUT2D eigenvalue weighted by molar-refractivity contribution is -0.149. The van der Waals surface area contributed by atoms with E-state index in [0.717, 1.165) is 32.1 Å². The van der Waals surface area contributed by atoms with E-state index in [1.165, 1.54) is 0 Å². The highest BCUT2D eigenvalue weighted by atomic mass is 16.2. The van der Waals surface area contributed by atoms with Crippen LogP contribution in [0.25, 0.3) is 0 Å². The van der Waals surface area contributed by atoms with E-state index < -0.39 is 0 Å². The average Bonchev–Trinajstić information content (AvgIpc) is 2.99. The molecule has 0 spiro atoms. The number of aromatic nitrogens is 1. The van der Waals surface area contributed by atoms with E-state index in [4.69, 9.17) is 5.73 Å². The van der Waals surface area contributed by atoms with Gasteiger partial charge >= 0.3 is 0 Å². The molecule has 2 atom stereocenters. The van der Waals surface area contributed by atoms with E-state index >= 15 is 0 Å². The SMILES string of the molecule is CN(C(=O)c1ccc[nH]1)C1C2CC3CC1CC(C(N)=O)(C3)C2. The number of hydrogen-bond donors (Lipinski definition) is 2. The first-order valence-electron chi connectivity index (χ1n) is 8.21. The van der Waals surface area contributed by atoms with E-state index in [9.17, 15) is 9.59 Å². The molecule has 5 nitrogen and oxygen atoms in total. The molecule has 4 bridgehead atoms. The smallest absolute Gasteiger partial charge is 0.270 e. The molecule has 1 heterocycles. The predicted molar refractivity (Wildman–Crippen MR) is 81.9 cm³/mol. The predicted octanol–water partition coefficient (Wildman–Crippen LogP) is 1.77. The third kappa shape index (κ3) is 1.84. The van der Waals surface area contributed by atoms with Gasteiger partial charge < -0.3 is 15.6 Å². The van der Waals surface area contributed by atoms with Crippen LogP contribution in [0.4, 0.5) is 0 Å². The molecule has 1 aromatic heterocycles. The molecule has 0 radical (unpaired) electrons. The van der Waals surface area contributed by atoms with Crippen LogP contribution in [0.2, 0.25) is 0 Å². The molecular weight excluding hydrogens is 278 g/mol. The second-order valence-electron chi connectivity index (χ2n) is 7.60. The van der Waals surface area contributed by atoms with Crippen molar-refractivity contribution in [1.82, 2.24) is 9.88 Å². The van der Waals surface area contributed by atoms with Crippen LogP contribution >= 0.6 is 0 Å². The number of hydrogen-bond acceptors (Lipinski definition) is 2. The third-order valence-electron chi connectivity index (χ3n) is 6.34. The highest BCUT2D eigenvalue weighted by Crippen LogP contribution is 2.60. The number of carbonyl (C=O) groups is 2. The van der Waals surface area contributed by atoms with Crippen molar-refractivity contribution in [3.8, 4) is 0 Å². The molecule has 0 aliphatic heterocycles. The summed E-state index contributed by atoms with van der Waals surface area (Å²) >= 11 is 0. The Morgan fingerprint density at radius 3 is 2.50 bits per heavy atom. The molecule has 5 rings (SSSR count). The number of primary amides is 1. The number of amides is 2. The molecule has 4 aliphatic carbocycles. The maximum atomic E-state index is 12.6. The van der Waals surface area contributed by atoms with Gasteiger partial charge in [-0.25, -0.2) is 0 Å². The summed E-state index contributed by atoms with van der Waals surface area (Å²) in [4.78, 5) is 29.5. The maximum Gasteiger partial charge on any atom is 0.270 e. The number of nitrogens with two attached hydrogens (primary N) is 1. The topological polar surface area (TPSA) is 79.2 Å². The summed E-state index contributed by atoms with van der Waals surface area (Å²) in [5, 5.41) is 0. The largest absolute Gasteiger partial charge is 0.369 e. The van der Waals surface area contributed by atoms with Gasteiger partial charge in [0.1, 0.15) is 5.69 Å². The van der Waals surface area contributed by atoms with Crippen molar-refractivity contribution in [3.63, 3.8) is 0 Å². The second-order valence-corrected chi connectivity index (χ2v) is 7.60. The van der Waals surface area contributed by atoms with Crippen LogP contribution in [-0.4, -0.2) is 34.8 Å². The van der Waals surface area contributed by atoms with E-state index in [-0.39, 0.29) is 23.3 Å². The molecular formula is C17H23N3O2. The highest BCUT2D eigenvalue weighted by molar-refractivity contribution is 5.92. The zero-order valence-electron chi connectivity index (χ0n) is 12.9. The first kappa shape index (κ1) is 13.9. The lowest BCUT2D eigenvalue weighted by Crippen LogP contribution is -2.62. The number of H-pyrrole nitrogens is 1. The van der Waals surface area contributed by atoms with Crippen LogP contribution in [0.5, 0.6) is 0 Å². The van der Waals surface area contributed by atoms with Gasteiger partial charge in [0, 0.05) is 24.7 Å². The van der Waals surface area contributed by atoms with Gasteiger partial charge in [-0.05, 0) is 62.0 Å². The van der Waals surface area contributed by atoms with Crippen LogP contribution in [-0.2, 0) is 4.79 Å². The molecule has 22 heavy (non-hydrogen) atoms. The summed E-state index contributed by atoms with van der Waals surface area (Å²) in [5.41, 5.74) is 6.08. The van der Waals surface area contributed by atoms with Crippen molar-refractivity contribution in [3.05, 3.63) is 24.0 Å². The third-order valence-corrected chi connectivity index (χ3v) is 6.34. The van der Waals surface area contributed by atoms with E-state index in [0.29, 0.717) is 23.4 Å². The molecule has 5 heteroatoms. The molecule has 4 saturated carbocycles. The number of aromatic amines is 1. The first-order chi connectivity index (χ1) is 10.5. The summed E-state index contributed by atoms with van der Waals surface area (Å²) in [6.45, 7) is 0. The summed E-state index contributed by atoms with van der Waals surface area (Å²) < 4.78 is 0. The van der Waals surface area contributed by atoms with Gasteiger partial charge in [0.05, 0.1) is 0 Å². The van der Waals surface area contributed by atoms with Gasteiger partial charge in [-0.2, -0.15) is 0 Å². The average molecular weight is 301 g/mol. The maximum absolute atomic E-state index is 12.6. The molecule has 2 amide bonds. The summed E-state index contributed by atoms with van der Waals surface area (Å²) in [5.74, 6) is 1.39. The Bertz CT molecular complexity index is 593. The van der Waals surface area contributed by atoms with Crippen molar-refractivity contribution in [2.24, 2.45) is 28.9 Å². The normalized spacial score (nSPS) is 39.0. The minimum atomic E-state index is -0.288. The Morgan fingerprint density at radius 1 is 1.27 bits per heavy atom. The quantitative estimate of drug-likeness (QED) is 0.892. The van der Waals surface area contributed by atoms with Crippen molar-refractivity contribution in [2.45, 2.75) is 38.1 Å². The van der Waals surface area contributed by atoms with E-state index in [1.54, 1.807) is 6.20 Å². The van der Waals surface area contributed by atoms with Gasteiger partial charge in [-0.3, -0.25) is 9.59 Å². The minimum absolute atomic E-state index is 0.0515. The van der Waals surface area contributed by atoms with Crippen molar-refractivity contribution in [1.29, 1.82) is 0 Å². The van der Waals surface area contributed by atoms with Gasteiger partial charge in [-0.15, -0.1) is 0 Å². The summed E-state index contributed by atoms with van der Waals surface area (Å²) in [6, 6.07) is 3.92. The Labute approximate surface area is 130 Å². The molecule has 2 unspecified atom stereocenters. The number of nitrogens with zero attached hydrogens (tertiary/aromatic N) is 1. The first-order valence-corrected chi connectivity index (χ1v) is 8.21. The number of carbonyl (C=O) groups excluding carboxylic acids is 2. The van der Waals surface area contributed by atoms with Crippen LogP contribution in [0.15, 0.2) is 18.3 Å². The Balaban J connectivity index is 1.60. The number of nitrogens with one attached hydrogen (secondary N) is 1. The zero-order chi connectivity index (χ0) is 15.5. The molecule has 4 aliphatic rings. The fourth-order valence-electron chi connectivity index (χ4n) is 5.72. The summed E-state index contributed by atoms with van der Waals surface area (Å²) in [6.07, 6.45) is 6.75. The molecule has 4 fully saturated rings. The highest BCUT2D eigenvalue weighted by Gasteiger charge is 2.59. The van der Waals surface area contributed by atoms with Crippen LogP contribution in [0.1, 0.15) is 42.6 Å². The van der Waals surface area contributed by atoms with E-state index in [2.05, 4.69) is 4.98 Å². The van der Waals surface area contributed by atoms with Gasteiger partial charge in [0.25, 0.3) is 5.91 Å². The fraction of sp³-hybridized carbons (Fsp3) is 0.647. The van der Waals surface area contributed by atoms with Crippen molar-refractivity contribution < 1.29 is 9.59 Å². The Kier molecular flexibility index (Phi) is 2.90. The standard InChI is InChI=1S/C17H23N3O2/c1-20(15(21)13-3-2-4-19-13)14-11-5-10-6-12(14)9-17(7-10,8-11)16(18)22/h2-4,10-12,14,19H,5-9H2,1H3,(H2,18,22). The van der Waals surface area contributed by atoms with Gasteiger partial charge in [0.2, 0.25) is 5.91 Å². The minimum Gasteiger partial charge on any atom is -0.369 e. The van der Waals surface area contributed by atoms with Crippen molar-refractivity contribution >= 4 is 11.8 Å². The van der Waals surface area contributed by atoms with Crippen molar-refractivity contribution in [2.75, 3.05) is 7.05 Å². The summed E-state index contributed by atoms with van der Waals surface area (Å²) in [7, 11) is 1.91. The lowest BCUT2D eigenvalue weighted by Gasteiger charge is -2.60. The molecule has 118 valence electrons. The van der Waals surface area contributed by atoms with Crippen LogP contribution in [0, 0.1) is 23.2 Å².